The van der Waals surface area contributed by atoms with Crippen LogP contribution in [0, 0.1) is 11.3 Å². The molecule has 0 radical (unpaired) electrons. The number of nitriles is 1. The van der Waals surface area contributed by atoms with Crippen LogP contribution in [-0.4, -0.2) is 43.6 Å². The molecule has 1 amide bonds. The van der Waals surface area contributed by atoms with Gasteiger partial charge < -0.3 is 14.5 Å². The monoisotopic (exact) mass is 401 g/mol. The topological polar surface area (TPSA) is 56.6 Å². The molecule has 0 aromatic heterocycles. The van der Waals surface area contributed by atoms with E-state index in [1.54, 1.807) is 11.0 Å². The van der Waals surface area contributed by atoms with E-state index >= 15 is 0 Å². The molecular formula is C25H27N3O2. The van der Waals surface area contributed by atoms with Gasteiger partial charge in [-0.2, -0.15) is 5.26 Å². The average molecular weight is 402 g/mol. The van der Waals surface area contributed by atoms with Crippen LogP contribution in [0.3, 0.4) is 0 Å². The Morgan fingerprint density at radius 3 is 2.53 bits per heavy atom. The maximum absolute atomic E-state index is 12.9. The summed E-state index contributed by atoms with van der Waals surface area (Å²) in [6.07, 6.45) is 4.14. The highest BCUT2D eigenvalue weighted by Gasteiger charge is 2.23. The lowest BCUT2D eigenvalue weighted by Crippen LogP contribution is -2.49. The van der Waals surface area contributed by atoms with Gasteiger partial charge in [0.2, 0.25) is 0 Å². The molecule has 0 unspecified atom stereocenters. The van der Waals surface area contributed by atoms with Crippen molar-refractivity contribution in [3.63, 3.8) is 0 Å². The van der Waals surface area contributed by atoms with Crippen LogP contribution >= 0.6 is 0 Å². The van der Waals surface area contributed by atoms with Crippen LogP contribution < -0.4 is 9.64 Å². The second-order valence-electron chi connectivity index (χ2n) is 7.08. The number of rotatable bonds is 7. The zero-order valence-electron chi connectivity index (χ0n) is 17.4. The third-order valence-electron chi connectivity index (χ3n) is 5.10. The van der Waals surface area contributed by atoms with Crippen LogP contribution in [0.25, 0.3) is 6.08 Å². The van der Waals surface area contributed by atoms with E-state index in [-0.39, 0.29) is 11.5 Å². The number of hydrogen-bond donors (Lipinski definition) is 0. The fourth-order valence-corrected chi connectivity index (χ4v) is 3.59. The number of allylic oxidation sites excluding steroid dienone is 1. The summed E-state index contributed by atoms with van der Waals surface area (Å²) in [5.74, 6) is 0.584. The van der Waals surface area contributed by atoms with Gasteiger partial charge in [-0.3, -0.25) is 4.79 Å². The normalized spacial score (nSPS) is 14.2. The van der Waals surface area contributed by atoms with Crippen molar-refractivity contribution in [2.75, 3.05) is 37.7 Å². The van der Waals surface area contributed by atoms with Crippen LogP contribution in [0.2, 0.25) is 0 Å². The number of benzene rings is 2. The van der Waals surface area contributed by atoms with Crippen molar-refractivity contribution < 1.29 is 9.53 Å². The third kappa shape index (κ3) is 5.09. The quantitative estimate of drug-likeness (QED) is 0.399. The molecule has 3 rings (SSSR count). The molecule has 2 aromatic rings. The summed E-state index contributed by atoms with van der Waals surface area (Å²) in [6.45, 7) is 9.00. The number of amides is 1. The molecule has 5 nitrogen and oxygen atoms in total. The first-order chi connectivity index (χ1) is 14.7. The number of hydrogen-bond acceptors (Lipinski definition) is 4. The summed E-state index contributed by atoms with van der Waals surface area (Å²) >= 11 is 0. The number of ether oxygens (including phenoxy) is 1. The minimum absolute atomic E-state index is 0.150. The smallest absolute Gasteiger partial charge is 0.264 e. The molecule has 1 aliphatic rings. The SMILES string of the molecule is C=CCc1cc(/C=C(/C#N)C(=O)N2CCN(c3ccccc3)CC2)ccc1OCC. The summed E-state index contributed by atoms with van der Waals surface area (Å²) in [7, 11) is 0. The lowest BCUT2D eigenvalue weighted by atomic mass is 10.0. The molecule has 0 saturated carbocycles. The highest BCUT2D eigenvalue weighted by atomic mass is 16.5. The standard InChI is InChI=1S/C25H27N3O2/c1-3-8-21-17-20(11-12-24(21)30-4-2)18-22(19-26)25(29)28-15-13-27(14-16-28)23-9-6-5-7-10-23/h3,5-7,9-12,17-18H,1,4,8,13-16H2,2H3/b22-18-. The Balaban J connectivity index is 1.72. The zero-order chi connectivity index (χ0) is 21.3. The molecule has 0 atom stereocenters. The van der Waals surface area contributed by atoms with Gasteiger partial charge in [-0.25, -0.2) is 0 Å². The van der Waals surface area contributed by atoms with Crippen molar-refractivity contribution >= 4 is 17.7 Å². The van der Waals surface area contributed by atoms with Crippen molar-refractivity contribution in [3.05, 3.63) is 77.9 Å². The molecule has 0 bridgehead atoms. The Labute approximate surface area is 178 Å². The van der Waals surface area contributed by atoms with Crippen molar-refractivity contribution in [2.24, 2.45) is 0 Å². The lowest BCUT2D eigenvalue weighted by Gasteiger charge is -2.36. The number of para-hydroxylation sites is 1. The third-order valence-corrected chi connectivity index (χ3v) is 5.10. The minimum atomic E-state index is -0.218. The van der Waals surface area contributed by atoms with Gasteiger partial charge in [-0.15, -0.1) is 6.58 Å². The number of carbonyl (C=O) groups excluding carboxylic acids is 1. The lowest BCUT2D eigenvalue weighted by molar-refractivity contribution is -0.126. The van der Waals surface area contributed by atoms with Crippen LogP contribution in [0.4, 0.5) is 5.69 Å². The average Bonchev–Trinajstić information content (AvgIpc) is 2.79. The van der Waals surface area contributed by atoms with E-state index in [1.165, 1.54) is 0 Å². The summed E-state index contributed by atoms with van der Waals surface area (Å²) in [5.41, 5.74) is 3.10. The molecule has 154 valence electrons. The molecule has 1 fully saturated rings. The molecule has 0 spiro atoms. The Bertz CT molecular complexity index is 952. The van der Waals surface area contributed by atoms with Crippen molar-refractivity contribution in [1.29, 1.82) is 5.26 Å². The summed E-state index contributed by atoms with van der Waals surface area (Å²) in [6, 6.07) is 18.0. The highest BCUT2D eigenvalue weighted by molar-refractivity contribution is 6.01. The Hall–Kier alpha value is -3.52. The van der Waals surface area contributed by atoms with Crippen molar-refractivity contribution in [1.82, 2.24) is 4.90 Å². The molecule has 30 heavy (non-hydrogen) atoms. The maximum Gasteiger partial charge on any atom is 0.264 e. The van der Waals surface area contributed by atoms with Gasteiger partial charge in [0.1, 0.15) is 17.4 Å². The summed E-state index contributed by atoms with van der Waals surface area (Å²) in [5, 5.41) is 9.61. The summed E-state index contributed by atoms with van der Waals surface area (Å²) < 4.78 is 5.65. The van der Waals surface area contributed by atoms with E-state index in [1.807, 2.05) is 49.4 Å². The highest BCUT2D eigenvalue weighted by Crippen LogP contribution is 2.23. The van der Waals surface area contributed by atoms with Crippen LogP contribution in [0.15, 0.2) is 66.8 Å². The second-order valence-corrected chi connectivity index (χ2v) is 7.08. The van der Waals surface area contributed by atoms with Gasteiger partial charge in [0, 0.05) is 31.9 Å². The largest absolute Gasteiger partial charge is 0.494 e. The zero-order valence-corrected chi connectivity index (χ0v) is 17.4. The van der Waals surface area contributed by atoms with Crippen LogP contribution in [-0.2, 0) is 11.2 Å². The predicted molar refractivity (Wildman–Crippen MR) is 120 cm³/mol. The van der Waals surface area contributed by atoms with E-state index in [0.29, 0.717) is 26.1 Å². The minimum Gasteiger partial charge on any atom is -0.494 e. The van der Waals surface area contributed by atoms with Crippen molar-refractivity contribution in [3.8, 4) is 11.8 Å². The number of anilines is 1. The van der Waals surface area contributed by atoms with Gasteiger partial charge in [-0.1, -0.05) is 30.3 Å². The van der Waals surface area contributed by atoms with Gasteiger partial charge in [-0.05, 0) is 54.8 Å². The number of piperazine rings is 1. The summed E-state index contributed by atoms with van der Waals surface area (Å²) in [4.78, 5) is 16.9. The Morgan fingerprint density at radius 1 is 1.17 bits per heavy atom. The van der Waals surface area contributed by atoms with Gasteiger partial charge in [0.15, 0.2) is 0 Å². The molecular weight excluding hydrogens is 374 g/mol. The first-order valence-electron chi connectivity index (χ1n) is 10.2. The van der Waals surface area contributed by atoms with E-state index < -0.39 is 0 Å². The fraction of sp³-hybridized carbons (Fsp3) is 0.280. The Kier molecular flexibility index (Phi) is 7.29. The molecule has 1 aliphatic heterocycles. The predicted octanol–water partition coefficient (Wildman–Crippen LogP) is 4.07. The molecule has 1 heterocycles. The second kappa shape index (κ2) is 10.3. The van der Waals surface area contributed by atoms with Crippen LogP contribution in [0.1, 0.15) is 18.1 Å². The van der Waals surface area contributed by atoms with Gasteiger partial charge >= 0.3 is 0 Å². The molecule has 5 heteroatoms. The maximum atomic E-state index is 12.9. The molecule has 0 N–H and O–H groups in total. The first-order valence-corrected chi connectivity index (χ1v) is 10.2. The molecule has 1 saturated heterocycles. The van der Waals surface area contributed by atoms with Gasteiger partial charge in [0.05, 0.1) is 6.61 Å². The van der Waals surface area contributed by atoms with Gasteiger partial charge in [0.25, 0.3) is 5.91 Å². The van der Waals surface area contributed by atoms with E-state index in [4.69, 9.17) is 4.74 Å². The van der Waals surface area contributed by atoms with E-state index in [0.717, 1.165) is 35.7 Å². The Morgan fingerprint density at radius 2 is 1.90 bits per heavy atom. The number of nitrogens with zero attached hydrogens (tertiary/aromatic N) is 3. The van der Waals surface area contributed by atoms with E-state index in [9.17, 15) is 10.1 Å². The van der Waals surface area contributed by atoms with Crippen LogP contribution in [0.5, 0.6) is 5.75 Å². The fourth-order valence-electron chi connectivity index (χ4n) is 3.59. The number of carbonyl (C=O) groups is 1. The molecule has 0 aliphatic carbocycles. The molecule has 2 aromatic carbocycles. The van der Waals surface area contributed by atoms with Crippen molar-refractivity contribution in [2.45, 2.75) is 13.3 Å². The van der Waals surface area contributed by atoms with E-state index in [2.05, 4.69) is 29.7 Å². The first kappa shape index (κ1) is 21.2.